The molecular weight excluding hydrogens is 434 g/mol. The lowest BCUT2D eigenvalue weighted by molar-refractivity contribution is 0.101. The van der Waals surface area contributed by atoms with Crippen LogP contribution in [0.4, 0.5) is 0 Å². The van der Waals surface area contributed by atoms with Gasteiger partial charge in [-0.3, -0.25) is 9.69 Å². The Kier molecular flexibility index (Phi) is 5.65. The second-order valence-corrected chi connectivity index (χ2v) is 8.50. The number of fused-ring (bicyclic) bond motifs is 1. The number of carbonyl (C=O) groups is 1. The first kappa shape index (κ1) is 20.0. The number of aromatic hydroxyl groups is 1. The van der Waals surface area contributed by atoms with Gasteiger partial charge in [-0.05, 0) is 62.7 Å². The number of phenols is 1. The number of allylic oxidation sites excluding steroid dienone is 1. The van der Waals surface area contributed by atoms with Crippen LogP contribution in [0.3, 0.4) is 0 Å². The fraction of sp³-hybridized carbons (Fsp3) is 0.348. The molecule has 4 rings (SSSR count). The molecule has 0 bridgehead atoms. The van der Waals surface area contributed by atoms with E-state index in [1.165, 1.54) is 6.42 Å². The fourth-order valence-electron chi connectivity index (χ4n) is 4.00. The summed E-state index contributed by atoms with van der Waals surface area (Å²) in [4.78, 5) is 15.3. The number of phenolic OH excluding ortho intramolecular Hbond substituents is 1. The zero-order valence-electron chi connectivity index (χ0n) is 16.6. The third-order valence-electron chi connectivity index (χ3n) is 5.70. The van der Waals surface area contributed by atoms with Crippen LogP contribution in [-0.2, 0) is 6.54 Å². The number of rotatable bonds is 4. The van der Waals surface area contributed by atoms with Gasteiger partial charge in [0.05, 0.1) is 18.2 Å². The van der Waals surface area contributed by atoms with Crippen molar-refractivity contribution in [1.82, 2.24) is 4.90 Å². The monoisotopic (exact) mass is 457 g/mol. The highest BCUT2D eigenvalue weighted by Gasteiger charge is 2.32. The number of Topliss-reactive ketones (excluding diaryl/α,β-unsaturated/α-hetero) is 1. The summed E-state index contributed by atoms with van der Waals surface area (Å²) in [6.45, 7) is 3.75. The summed E-state index contributed by atoms with van der Waals surface area (Å²) in [5.74, 6) is 1.33. The number of ketones is 1. The molecule has 5 nitrogen and oxygen atoms in total. The Morgan fingerprint density at radius 3 is 2.90 bits per heavy atom. The number of nitrogens with zero attached hydrogens (tertiary/aromatic N) is 1. The van der Waals surface area contributed by atoms with Crippen LogP contribution in [0.15, 0.2) is 40.6 Å². The molecule has 29 heavy (non-hydrogen) atoms. The smallest absolute Gasteiger partial charge is 0.231 e. The quantitative estimate of drug-likeness (QED) is 0.642. The predicted octanol–water partition coefficient (Wildman–Crippen LogP) is 5.15. The molecule has 1 atom stereocenters. The molecule has 2 heterocycles. The van der Waals surface area contributed by atoms with E-state index in [9.17, 15) is 9.90 Å². The van der Waals surface area contributed by atoms with Crippen LogP contribution in [0.5, 0.6) is 17.2 Å². The van der Waals surface area contributed by atoms with E-state index in [-0.39, 0.29) is 17.3 Å². The summed E-state index contributed by atoms with van der Waals surface area (Å²) in [5.41, 5.74) is 1.91. The van der Waals surface area contributed by atoms with Gasteiger partial charge in [-0.15, -0.1) is 0 Å². The Morgan fingerprint density at radius 1 is 1.31 bits per heavy atom. The van der Waals surface area contributed by atoms with E-state index in [1.54, 1.807) is 25.3 Å². The lowest BCUT2D eigenvalue weighted by Gasteiger charge is -2.33. The van der Waals surface area contributed by atoms with E-state index >= 15 is 0 Å². The first-order valence-electron chi connectivity index (χ1n) is 9.84. The zero-order chi connectivity index (χ0) is 20.5. The molecular formula is C23H24BrNO4. The summed E-state index contributed by atoms with van der Waals surface area (Å²) in [6, 6.07) is 9.25. The maximum Gasteiger partial charge on any atom is 0.231 e. The van der Waals surface area contributed by atoms with Gasteiger partial charge < -0.3 is 14.6 Å². The summed E-state index contributed by atoms with van der Waals surface area (Å²) in [6.07, 6.45) is 5.21. The number of benzene rings is 2. The van der Waals surface area contributed by atoms with Gasteiger partial charge in [0.25, 0.3) is 0 Å². The summed E-state index contributed by atoms with van der Waals surface area (Å²) >= 11 is 3.45. The molecule has 0 saturated carbocycles. The van der Waals surface area contributed by atoms with Gasteiger partial charge in [0, 0.05) is 22.6 Å². The van der Waals surface area contributed by atoms with E-state index in [1.807, 2.05) is 18.2 Å². The molecule has 0 aliphatic carbocycles. The molecule has 1 N–H and O–H groups in total. The van der Waals surface area contributed by atoms with Crippen LogP contribution < -0.4 is 9.47 Å². The predicted molar refractivity (Wildman–Crippen MR) is 115 cm³/mol. The van der Waals surface area contributed by atoms with Gasteiger partial charge in [-0.1, -0.05) is 22.4 Å². The van der Waals surface area contributed by atoms with E-state index in [0.29, 0.717) is 35.2 Å². The van der Waals surface area contributed by atoms with Crippen LogP contribution in [0, 0.1) is 0 Å². The Balaban J connectivity index is 1.69. The number of halogens is 1. The van der Waals surface area contributed by atoms with Crippen LogP contribution in [0.25, 0.3) is 6.08 Å². The lowest BCUT2D eigenvalue weighted by atomic mass is 10.0. The molecule has 0 aromatic heterocycles. The Labute approximate surface area is 179 Å². The van der Waals surface area contributed by atoms with Crippen molar-refractivity contribution in [1.29, 1.82) is 0 Å². The minimum absolute atomic E-state index is 0.163. The van der Waals surface area contributed by atoms with Crippen LogP contribution >= 0.6 is 15.9 Å². The van der Waals surface area contributed by atoms with Gasteiger partial charge >= 0.3 is 0 Å². The van der Waals surface area contributed by atoms with Gasteiger partial charge in [0.15, 0.2) is 5.76 Å². The van der Waals surface area contributed by atoms with Crippen molar-refractivity contribution < 1.29 is 19.4 Å². The molecule has 2 aliphatic rings. The van der Waals surface area contributed by atoms with Crippen LogP contribution in [0.1, 0.15) is 47.7 Å². The van der Waals surface area contributed by atoms with E-state index < -0.39 is 0 Å². The van der Waals surface area contributed by atoms with Crippen molar-refractivity contribution >= 4 is 27.8 Å². The molecule has 1 saturated heterocycles. The first-order valence-corrected chi connectivity index (χ1v) is 10.6. The highest BCUT2D eigenvalue weighted by molar-refractivity contribution is 9.10. The molecule has 6 heteroatoms. The standard InChI is InChI=1S/C23H24BrNO4/c1-14-5-3-4-10-25(14)13-18-19(26)8-7-17-22(27)21(29-23(17)18)12-15-11-16(24)6-9-20(15)28-2/h6-9,11-12,14,26H,3-5,10,13H2,1-2H3/b21-12-. The molecule has 0 spiro atoms. The van der Waals surface area contributed by atoms with Crippen LogP contribution in [-0.4, -0.2) is 35.5 Å². The molecule has 1 unspecified atom stereocenters. The Hall–Kier alpha value is -2.31. The van der Waals surface area contributed by atoms with Gasteiger partial charge in [0.2, 0.25) is 5.78 Å². The number of carbonyl (C=O) groups excluding carboxylic acids is 1. The molecule has 2 aliphatic heterocycles. The number of piperidine rings is 1. The third kappa shape index (κ3) is 3.91. The van der Waals surface area contributed by atoms with Gasteiger partial charge in [-0.25, -0.2) is 0 Å². The Morgan fingerprint density at radius 2 is 2.14 bits per heavy atom. The topological polar surface area (TPSA) is 59.0 Å². The molecule has 2 aromatic carbocycles. The average molecular weight is 458 g/mol. The lowest BCUT2D eigenvalue weighted by Crippen LogP contribution is -2.36. The fourth-order valence-corrected chi connectivity index (χ4v) is 4.38. The molecule has 0 amide bonds. The number of hydrogen-bond donors (Lipinski definition) is 1. The zero-order valence-corrected chi connectivity index (χ0v) is 18.2. The SMILES string of the molecule is COc1ccc(Br)cc1/C=C1\Oc2c(ccc(O)c2CN2CCCCC2C)C1=O. The second kappa shape index (κ2) is 8.20. The summed E-state index contributed by atoms with van der Waals surface area (Å²) in [5, 5.41) is 10.5. The van der Waals surface area contributed by atoms with E-state index in [2.05, 4.69) is 27.8 Å². The minimum atomic E-state index is -0.185. The number of hydrogen-bond acceptors (Lipinski definition) is 5. The highest BCUT2D eigenvalue weighted by Crippen LogP contribution is 2.41. The highest BCUT2D eigenvalue weighted by atomic mass is 79.9. The minimum Gasteiger partial charge on any atom is -0.507 e. The average Bonchev–Trinajstić information content (AvgIpc) is 3.01. The number of ether oxygens (including phenoxy) is 2. The molecule has 152 valence electrons. The van der Waals surface area contributed by atoms with Crippen LogP contribution in [0.2, 0.25) is 0 Å². The van der Waals surface area contributed by atoms with Gasteiger partial charge in [-0.2, -0.15) is 0 Å². The van der Waals surface area contributed by atoms with Crippen molar-refractivity contribution in [2.75, 3.05) is 13.7 Å². The summed E-state index contributed by atoms with van der Waals surface area (Å²) in [7, 11) is 1.59. The molecule has 1 fully saturated rings. The molecule has 0 radical (unpaired) electrons. The normalized spacial score (nSPS) is 20.6. The van der Waals surface area contributed by atoms with E-state index in [4.69, 9.17) is 9.47 Å². The van der Waals surface area contributed by atoms with Crippen molar-refractivity contribution in [3.63, 3.8) is 0 Å². The maximum absolute atomic E-state index is 13.0. The van der Waals surface area contributed by atoms with Crippen molar-refractivity contribution in [2.24, 2.45) is 0 Å². The number of likely N-dealkylation sites (tertiary alicyclic amines) is 1. The van der Waals surface area contributed by atoms with Gasteiger partial charge in [0.1, 0.15) is 17.2 Å². The number of methoxy groups -OCH3 is 1. The maximum atomic E-state index is 13.0. The third-order valence-corrected chi connectivity index (χ3v) is 6.19. The Bertz CT molecular complexity index is 985. The molecule has 2 aromatic rings. The van der Waals surface area contributed by atoms with Crippen molar-refractivity contribution in [3.8, 4) is 17.2 Å². The second-order valence-electron chi connectivity index (χ2n) is 7.58. The van der Waals surface area contributed by atoms with Crippen molar-refractivity contribution in [3.05, 3.63) is 57.3 Å². The van der Waals surface area contributed by atoms with E-state index in [0.717, 1.165) is 29.4 Å². The first-order chi connectivity index (χ1) is 14.0. The largest absolute Gasteiger partial charge is 0.507 e. The summed E-state index contributed by atoms with van der Waals surface area (Å²) < 4.78 is 12.3. The van der Waals surface area contributed by atoms with Crippen molar-refractivity contribution in [2.45, 2.75) is 38.8 Å².